The highest BCUT2D eigenvalue weighted by molar-refractivity contribution is 7.91. The van der Waals surface area contributed by atoms with Crippen molar-refractivity contribution in [2.45, 2.75) is 30.6 Å². The van der Waals surface area contributed by atoms with Crippen LogP contribution in [0.15, 0.2) is 23.1 Å². The second kappa shape index (κ2) is 6.37. The third kappa shape index (κ3) is 3.28. The lowest BCUT2D eigenvalue weighted by molar-refractivity contribution is 0.0601. The molecule has 2 aliphatic rings. The van der Waals surface area contributed by atoms with Gasteiger partial charge in [-0.15, -0.1) is 0 Å². The topological polar surface area (TPSA) is 83.9 Å². The Labute approximate surface area is 142 Å². The maximum atomic E-state index is 12.2. The van der Waals surface area contributed by atoms with Crippen LogP contribution in [0.2, 0.25) is 0 Å². The van der Waals surface area contributed by atoms with Crippen LogP contribution < -0.4 is 4.90 Å². The average Bonchev–Trinajstić information content (AvgIpc) is 3.33. The van der Waals surface area contributed by atoms with Gasteiger partial charge in [-0.1, -0.05) is 0 Å². The summed E-state index contributed by atoms with van der Waals surface area (Å²) in [6.07, 6.45) is 4.69. The second-order valence-electron chi connectivity index (χ2n) is 6.70. The van der Waals surface area contributed by atoms with E-state index in [9.17, 15) is 13.2 Å². The van der Waals surface area contributed by atoms with Crippen molar-refractivity contribution in [2.75, 3.05) is 37.5 Å². The molecule has 0 unspecified atom stereocenters. The number of esters is 1. The van der Waals surface area contributed by atoms with Crippen LogP contribution in [-0.4, -0.2) is 52.1 Å². The predicted octanol–water partition coefficient (Wildman–Crippen LogP) is 1.62. The minimum atomic E-state index is -3.56. The van der Waals surface area contributed by atoms with Gasteiger partial charge in [-0.05, 0) is 49.3 Å². The van der Waals surface area contributed by atoms with E-state index < -0.39 is 22.4 Å². The Bertz CT molecular complexity index is 729. The number of piperidine rings is 1. The summed E-state index contributed by atoms with van der Waals surface area (Å²) in [5.74, 6) is -0.796. The van der Waals surface area contributed by atoms with E-state index >= 15 is 0 Å². The molecule has 1 heterocycles. The van der Waals surface area contributed by atoms with Crippen molar-refractivity contribution < 1.29 is 23.1 Å². The predicted molar refractivity (Wildman–Crippen MR) is 90.0 cm³/mol. The van der Waals surface area contributed by atoms with E-state index in [4.69, 9.17) is 9.84 Å². The monoisotopic (exact) mass is 353 g/mol. The van der Waals surface area contributed by atoms with Gasteiger partial charge in [0, 0.05) is 13.1 Å². The van der Waals surface area contributed by atoms with Crippen molar-refractivity contribution in [1.29, 1.82) is 0 Å². The Morgan fingerprint density at radius 3 is 2.46 bits per heavy atom. The van der Waals surface area contributed by atoms with E-state index in [1.165, 1.54) is 32.1 Å². The largest absolute Gasteiger partial charge is 0.465 e. The van der Waals surface area contributed by atoms with Crippen LogP contribution in [0.25, 0.3) is 0 Å². The molecule has 1 saturated carbocycles. The molecule has 0 radical (unpaired) electrons. The zero-order chi connectivity index (χ0) is 17.4. The Hall–Kier alpha value is -1.60. The van der Waals surface area contributed by atoms with Gasteiger partial charge in [-0.25, -0.2) is 13.2 Å². The number of ether oxygens (including phenoxy) is 1. The number of nitrogens with zero attached hydrogens (tertiary/aromatic N) is 1. The van der Waals surface area contributed by atoms with Gasteiger partial charge >= 0.3 is 5.97 Å². The summed E-state index contributed by atoms with van der Waals surface area (Å²) in [6, 6.07) is 4.46. The molecule has 0 aromatic heterocycles. The van der Waals surface area contributed by atoms with Crippen molar-refractivity contribution >= 4 is 21.5 Å². The van der Waals surface area contributed by atoms with Crippen LogP contribution in [0.5, 0.6) is 0 Å². The van der Waals surface area contributed by atoms with Gasteiger partial charge < -0.3 is 14.7 Å². The van der Waals surface area contributed by atoms with E-state index in [0.29, 0.717) is 16.7 Å². The van der Waals surface area contributed by atoms with Gasteiger partial charge in [0.2, 0.25) is 0 Å². The lowest BCUT2D eigenvalue weighted by atomic mass is 9.93. The maximum Gasteiger partial charge on any atom is 0.339 e. The van der Waals surface area contributed by atoms with Crippen molar-refractivity contribution in [3.63, 3.8) is 0 Å². The van der Waals surface area contributed by atoms with Gasteiger partial charge in [-0.2, -0.15) is 0 Å². The van der Waals surface area contributed by atoms with Gasteiger partial charge in [-0.3, -0.25) is 0 Å². The van der Waals surface area contributed by atoms with Gasteiger partial charge in [0.1, 0.15) is 0 Å². The summed E-state index contributed by atoms with van der Waals surface area (Å²) >= 11 is 0. The van der Waals surface area contributed by atoms with Crippen LogP contribution in [0.1, 0.15) is 36.0 Å². The number of sulfone groups is 1. The quantitative estimate of drug-likeness (QED) is 0.810. The van der Waals surface area contributed by atoms with Gasteiger partial charge in [0.15, 0.2) is 9.84 Å². The number of aliphatic hydroxyl groups excluding tert-OH is 1. The van der Waals surface area contributed by atoms with Crippen LogP contribution >= 0.6 is 0 Å². The fourth-order valence-electron chi connectivity index (χ4n) is 3.39. The van der Waals surface area contributed by atoms with Crippen LogP contribution in [0.3, 0.4) is 0 Å². The summed E-state index contributed by atoms with van der Waals surface area (Å²) in [6.45, 7) is 1.20. The molecule has 7 heteroatoms. The normalized spacial score (nSPS) is 19.3. The van der Waals surface area contributed by atoms with Crippen molar-refractivity contribution in [1.82, 2.24) is 0 Å². The molecular weight excluding hydrogens is 330 g/mol. The molecule has 1 aromatic rings. The van der Waals surface area contributed by atoms with Crippen molar-refractivity contribution in [3.05, 3.63) is 23.8 Å². The van der Waals surface area contributed by atoms with E-state index in [0.717, 1.165) is 25.9 Å². The third-order valence-electron chi connectivity index (χ3n) is 5.22. The number of rotatable bonds is 5. The zero-order valence-electron chi connectivity index (χ0n) is 13.8. The highest BCUT2D eigenvalue weighted by Gasteiger charge is 2.44. The zero-order valence-corrected chi connectivity index (χ0v) is 14.6. The molecule has 24 heavy (non-hydrogen) atoms. The molecule has 1 N–H and O–H groups in total. The number of hydrogen-bond donors (Lipinski definition) is 1. The summed E-state index contributed by atoms with van der Waals surface area (Å²) in [5.41, 5.74) is 1.48. The maximum absolute atomic E-state index is 12.2. The first-order chi connectivity index (χ1) is 11.4. The highest BCUT2D eigenvalue weighted by Crippen LogP contribution is 2.54. The number of anilines is 1. The van der Waals surface area contributed by atoms with Crippen molar-refractivity contribution in [3.8, 4) is 0 Å². The van der Waals surface area contributed by atoms with Crippen LogP contribution in [-0.2, 0) is 14.6 Å². The number of carbonyl (C=O) groups excluding carboxylic acids is 1. The number of hydrogen-bond acceptors (Lipinski definition) is 6. The number of aliphatic hydroxyl groups is 1. The molecule has 1 aliphatic heterocycles. The number of benzene rings is 1. The molecular formula is C17H23NO5S. The lowest BCUT2D eigenvalue weighted by Crippen LogP contribution is -2.35. The first kappa shape index (κ1) is 17.2. The Morgan fingerprint density at radius 2 is 1.92 bits per heavy atom. The van der Waals surface area contributed by atoms with E-state index in [1.54, 1.807) is 6.07 Å². The van der Waals surface area contributed by atoms with E-state index in [1.807, 2.05) is 0 Å². The summed E-state index contributed by atoms with van der Waals surface area (Å²) in [5, 5.41) is 8.96. The molecule has 132 valence electrons. The molecule has 1 saturated heterocycles. The summed E-state index contributed by atoms with van der Waals surface area (Å²) in [4.78, 5) is 14.3. The highest BCUT2D eigenvalue weighted by atomic mass is 32.2. The Balaban J connectivity index is 1.95. The minimum Gasteiger partial charge on any atom is -0.465 e. The lowest BCUT2D eigenvalue weighted by Gasteiger charge is -2.34. The SMILES string of the molecule is COC(=O)c1ccc(S(=O)(=O)CCO)cc1N1CCC2(CC1)CC2. The molecule has 1 spiro atoms. The first-order valence-electron chi connectivity index (χ1n) is 8.22. The third-order valence-corrected chi connectivity index (χ3v) is 6.91. The fraction of sp³-hybridized carbons (Fsp3) is 0.588. The first-order valence-corrected chi connectivity index (χ1v) is 9.87. The van der Waals surface area contributed by atoms with Crippen LogP contribution in [0.4, 0.5) is 5.69 Å². The second-order valence-corrected chi connectivity index (χ2v) is 8.81. The Morgan fingerprint density at radius 1 is 1.25 bits per heavy atom. The van der Waals surface area contributed by atoms with Crippen LogP contribution in [0, 0.1) is 5.41 Å². The average molecular weight is 353 g/mol. The molecule has 0 amide bonds. The van der Waals surface area contributed by atoms with Gasteiger partial charge in [0.05, 0.1) is 35.6 Å². The molecule has 0 bridgehead atoms. The van der Waals surface area contributed by atoms with E-state index in [-0.39, 0.29) is 10.6 Å². The summed E-state index contributed by atoms with van der Waals surface area (Å²) < 4.78 is 29.3. The van der Waals surface area contributed by atoms with E-state index in [2.05, 4.69) is 4.90 Å². The molecule has 3 rings (SSSR count). The fourth-order valence-corrected chi connectivity index (χ4v) is 4.43. The smallest absolute Gasteiger partial charge is 0.339 e. The molecule has 1 aliphatic carbocycles. The Kier molecular flexibility index (Phi) is 4.57. The standard InChI is InChI=1S/C17H23NO5S/c1-23-16(20)14-3-2-13(24(21,22)11-10-19)12-15(14)18-8-6-17(4-5-17)7-9-18/h2-3,12,19H,4-11H2,1H3. The van der Waals surface area contributed by atoms with Crippen molar-refractivity contribution in [2.24, 2.45) is 5.41 Å². The number of carbonyl (C=O) groups is 1. The molecule has 1 aromatic carbocycles. The molecule has 0 atom stereocenters. The minimum absolute atomic E-state index is 0.130. The molecule has 2 fully saturated rings. The van der Waals surface area contributed by atoms with Gasteiger partial charge in [0.25, 0.3) is 0 Å². The molecule has 6 nitrogen and oxygen atoms in total. The summed E-state index contributed by atoms with van der Waals surface area (Å²) in [7, 11) is -2.24. The number of methoxy groups -OCH3 is 1.